The van der Waals surface area contributed by atoms with E-state index in [-0.39, 0.29) is 18.2 Å². The minimum absolute atomic E-state index is 0.151. The highest BCUT2D eigenvalue weighted by atomic mass is 16.6. The quantitative estimate of drug-likeness (QED) is 0.842. The Hall–Kier alpha value is -1.98. The molecule has 19 heavy (non-hydrogen) atoms. The number of nitrogens with zero attached hydrogens (tertiary/aromatic N) is 2. The molecule has 0 aliphatic carbocycles. The van der Waals surface area contributed by atoms with Crippen LogP contribution in [0.3, 0.4) is 0 Å². The Morgan fingerprint density at radius 3 is 2.58 bits per heavy atom. The molecule has 1 atom stereocenters. The maximum Gasteiger partial charge on any atom is 0.407 e. The van der Waals surface area contributed by atoms with Gasteiger partial charge in [0, 0.05) is 24.9 Å². The van der Waals surface area contributed by atoms with Gasteiger partial charge in [-0.3, -0.25) is 9.78 Å². The maximum atomic E-state index is 11.8. The second-order valence-electron chi connectivity index (χ2n) is 5.27. The van der Waals surface area contributed by atoms with E-state index in [0.717, 1.165) is 0 Å². The van der Waals surface area contributed by atoms with E-state index < -0.39 is 11.7 Å². The minimum Gasteiger partial charge on any atom is -0.444 e. The number of carbonyl (C=O) groups is 2. The van der Waals surface area contributed by atoms with Gasteiger partial charge in [-0.15, -0.1) is 0 Å². The van der Waals surface area contributed by atoms with Crippen LogP contribution in [0, 0.1) is 0 Å². The van der Waals surface area contributed by atoms with Crippen molar-refractivity contribution in [3.8, 4) is 0 Å². The molecule has 1 heterocycles. The second kappa shape index (κ2) is 6.26. The van der Waals surface area contributed by atoms with Crippen molar-refractivity contribution in [1.29, 1.82) is 0 Å². The summed E-state index contributed by atoms with van der Waals surface area (Å²) >= 11 is 0. The van der Waals surface area contributed by atoms with Crippen molar-refractivity contribution in [1.82, 2.24) is 15.3 Å². The van der Waals surface area contributed by atoms with Crippen LogP contribution in [-0.2, 0) is 4.74 Å². The van der Waals surface area contributed by atoms with Gasteiger partial charge in [0.05, 0.1) is 6.20 Å². The van der Waals surface area contributed by atoms with E-state index in [0.29, 0.717) is 5.69 Å². The van der Waals surface area contributed by atoms with Gasteiger partial charge in [-0.1, -0.05) is 0 Å². The molecule has 6 nitrogen and oxygen atoms in total. The summed E-state index contributed by atoms with van der Waals surface area (Å²) < 4.78 is 5.11. The summed E-state index contributed by atoms with van der Waals surface area (Å²) in [5, 5.41) is 2.61. The molecule has 1 N–H and O–H groups in total. The largest absolute Gasteiger partial charge is 0.444 e. The highest BCUT2D eigenvalue weighted by molar-refractivity contribution is 5.94. The molecule has 0 aliphatic heterocycles. The second-order valence-corrected chi connectivity index (χ2v) is 5.27. The van der Waals surface area contributed by atoms with E-state index in [1.165, 1.54) is 18.6 Å². The monoisotopic (exact) mass is 265 g/mol. The summed E-state index contributed by atoms with van der Waals surface area (Å²) in [6.45, 7) is 7.07. The molecule has 0 spiro atoms. The zero-order valence-corrected chi connectivity index (χ0v) is 11.6. The Morgan fingerprint density at radius 2 is 2.05 bits per heavy atom. The van der Waals surface area contributed by atoms with Crippen molar-refractivity contribution < 1.29 is 14.3 Å². The molecule has 0 fully saturated rings. The number of hydrogen-bond acceptors (Lipinski definition) is 5. The Bertz CT molecular complexity index is 440. The van der Waals surface area contributed by atoms with Crippen molar-refractivity contribution in [2.24, 2.45) is 0 Å². The first kappa shape index (κ1) is 15.1. The lowest BCUT2D eigenvalue weighted by Gasteiger charge is -2.21. The van der Waals surface area contributed by atoms with Crippen molar-refractivity contribution in [3.63, 3.8) is 0 Å². The average Bonchev–Trinajstić information content (AvgIpc) is 2.27. The number of ether oxygens (including phenoxy) is 1. The van der Waals surface area contributed by atoms with Gasteiger partial charge in [0.25, 0.3) is 0 Å². The molecular weight excluding hydrogens is 246 g/mol. The van der Waals surface area contributed by atoms with Crippen LogP contribution in [0.1, 0.15) is 44.6 Å². The zero-order chi connectivity index (χ0) is 14.5. The summed E-state index contributed by atoms with van der Waals surface area (Å²) in [6.07, 6.45) is 3.98. The van der Waals surface area contributed by atoms with Gasteiger partial charge in [-0.25, -0.2) is 9.78 Å². The molecule has 1 aromatic rings. The van der Waals surface area contributed by atoms with Crippen LogP contribution in [0.5, 0.6) is 0 Å². The normalized spacial score (nSPS) is 12.6. The van der Waals surface area contributed by atoms with E-state index >= 15 is 0 Å². The van der Waals surface area contributed by atoms with Gasteiger partial charge in [0.15, 0.2) is 5.78 Å². The number of carbonyl (C=O) groups excluding carboxylic acids is 2. The summed E-state index contributed by atoms with van der Waals surface area (Å²) in [4.78, 5) is 31.1. The Kier molecular flexibility index (Phi) is 4.97. The van der Waals surface area contributed by atoms with Crippen LogP contribution in [0.15, 0.2) is 18.6 Å². The third kappa shape index (κ3) is 5.94. The average molecular weight is 265 g/mol. The number of amides is 1. The van der Waals surface area contributed by atoms with Gasteiger partial charge >= 0.3 is 6.09 Å². The number of Topliss-reactive ketones (excluding diaryl/α,β-unsaturated/α-hetero) is 1. The summed E-state index contributed by atoms with van der Waals surface area (Å²) in [5.74, 6) is -0.170. The topological polar surface area (TPSA) is 81.2 Å². The molecule has 1 unspecified atom stereocenters. The van der Waals surface area contributed by atoms with E-state index in [1.54, 1.807) is 27.7 Å². The van der Waals surface area contributed by atoms with Gasteiger partial charge in [-0.2, -0.15) is 0 Å². The third-order valence-corrected chi connectivity index (χ3v) is 2.10. The summed E-state index contributed by atoms with van der Waals surface area (Å²) in [6, 6.07) is -0.329. The van der Waals surface area contributed by atoms with Crippen molar-refractivity contribution in [3.05, 3.63) is 24.3 Å². The number of hydrogen-bond donors (Lipinski definition) is 1. The highest BCUT2D eigenvalue weighted by Gasteiger charge is 2.19. The smallest absolute Gasteiger partial charge is 0.407 e. The SMILES string of the molecule is CC(CC(=O)c1cnccn1)NC(=O)OC(C)(C)C. The van der Waals surface area contributed by atoms with Crippen LogP contribution in [0.4, 0.5) is 4.79 Å². The van der Waals surface area contributed by atoms with Gasteiger partial charge in [0.1, 0.15) is 11.3 Å². The molecule has 0 aliphatic rings. The molecule has 1 rings (SSSR count). The molecule has 0 saturated heterocycles. The minimum atomic E-state index is -0.557. The van der Waals surface area contributed by atoms with Crippen LogP contribution in [-0.4, -0.2) is 33.5 Å². The van der Waals surface area contributed by atoms with Crippen LogP contribution in [0.25, 0.3) is 0 Å². The predicted molar refractivity (Wildman–Crippen MR) is 69.8 cm³/mol. The van der Waals surface area contributed by atoms with Gasteiger partial charge < -0.3 is 10.1 Å². The van der Waals surface area contributed by atoms with E-state index in [2.05, 4.69) is 15.3 Å². The number of aromatic nitrogens is 2. The van der Waals surface area contributed by atoms with Gasteiger partial charge in [-0.05, 0) is 27.7 Å². The fourth-order valence-corrected chi connectivity index (χ4v) is 1.39. The van der Waals surface area contributed by atoms with Crippen molar-refractivity contribution in [2.45, 2.75) is 45.8 Å². The molecule has 0 radical (unpaired) electrons. The number of nitrogens with one attached hydrogen (secondary N) is 1. The molecule has 0 aromatic carbocycles. The van der Waals surface area contributed by atoms with E-state index in [9.17, 15) is 9.59 Å². The highest BCUT2D eigenvalue weighted by Crippen LogP contribution is 2.07. The molecule has 0 saturated carbocycles. The molecular formula is C13H19N3O3. The number of ketones is 1. The first-order chi connectivity index (χ1) is 8.78. The Labute approximate surface area is 112 Å². The van der Waals surface area contributed by atoms with Gasteiger partial charge in [0.2, 0.25) is 0 Å². The number of rotatable bonds is 4. The standard InChI is InChI=1S/C13H19N3O3/c1-9(16-12(18)19-13(2,3)4)7-11(17)10-8-14-5-6-15-10/h5-6,8-9H,7H2,1-4H3,(H,16,18). The lowest BCUT2D eigenvalue weighted by molar-refractivity contribution is 0.0506. The van der Waals surface area contributed by atoms with Crippen LogP contribution in [0.2, 0.25) is 0 Å². The van der Waals surface area contributed by atoms with Crippen molar-refractivity contribution >= 4 is 11.9 Å². The lowest BCUT2D eigenvalue weighted by Crippen LogP contribution is -2.38. The molecule has 1 aromatic heterocycles. The van der Waals surface area contributed by atoms with Crippen LogP contribution < -0.4 is 5.32 Å². The number of alkyl carbamates (subject to hydrolysis) is 1. The Balaban J connectivity index is 2.45. The van der Waals surface area contributed by atoms with E-state index in [4.69, 9.17) is 4.74 Å². The fourth-order valence-electron chi connectivity index (χ4n) is 1.39. The maximum absolute atomic E-state index is 11.8. The molecule has 1 amide bonds. The first-order valence-electron chi connectivity index (χ1n) is 6.06. The zero-order valence-electron chi connectivity index (χ0n) is 11.6. The van der Waals surface area contributed by atoms with E-state index in [1.807, 2.05) is 0 Å². The molecule has 104 valence electrons. The summed E-state index contributed by atoms with van der Waals surface area (Å²) in [7, 11) is 0. The lowest BCUT2D eigenvalue weighted by atomic mass is 10.1. The Morgan fingerprint density at radius 1 is 1.37 bits per heavy atom. The predicted octanol–water partition coefficient (Wildman–Crippen LogP) is 1.96. The summed E-state index contributed by atoms with van der Waals surface area (Å²) in [5.41, 5.74) is -0.265. The molecule has 6 heteroatoms. The fraction of sp³-hybridized carbons (Fsp3) is 0.538. The molecule has 0 bridgehead atoms. The third-order valence-electron chi connectivity index (χ3n) is 2.10. The van der Waals surface area contributed by atoms with Crippen LogP contribution >= 0.6 is 0 Å². The first-order valence-corrected chi connectivity index (χ1v) is 6.06. The van der Waals surface area contributed by atoms with Crippen molar-refractivity contribution in [2.75, 3.05) is 0 Å².